The van der Waals surface area contributed by atoms with Crippen molar-refractivity contribution in [3.05, 3.63) is 59.9 Å². The number of hydrogen-bond donors (Lipinski definition) is 1. The van der Waals surface area contributed by atoms with Gasteiger partial charge in [-0.2, -0.15) is 5.26 Å². The van der Waals surface area contributed by atoms with Crippen molar-refractivity contribution in [2.45, 2.75) is 31.6 Å². The Bertz CT molecular complexity index is 1050. The van der Waals surface area contributed by atoms with Crippen LogP contribution in [0.15, 0.2) is 48.7 Å². The number of rotatable bonds is 3. The molecule has 1 aliphatic carbocycles. The highest BCUT2D eigenvalue weighted by Crippen LogP contribution is 2.37. The molecule has 5 heteroatoms. The summed E-state index contributed by atoms with van der Waals surface area (Å²) in [5, 5.41) is 19.5. The summed E-state index contributed by atoms with van der Waals surface area (Å²) >= 11 is 0. The van der Waals surface area contributed by atoms with Gasteiger partial charge in [-0.15, -0.1) is 0 Å². The summed E-state index contributed by atoms with van der Waals surface area (Å²) in [6, 6.07) is 15.6. The van der Waals surface area contributed by atoms with E-state index in [1.54, 1.807) is 12.3 Å². The van der Waals surface area contributed by atoms with E-state index >= 15 is 0 Å². The van der Waals surface area contributed by atoms with E-state index in [2.05, 4.69) is 17.1 Å². The molecular formula is C22H19N3O2. The van der Waals surface area contributed by atoms with Crippen LogP contribution in [0.2, 0.25) is 0 Å². The lowest BCUT2D eigenvalue weighted by Gasteiger charge is -2.26. The molecule has 0 aliphatic heterocycles. The van der Waals surface area contributed by atoms with Gasteiger partial charge in [-0.3, -0.25) is 14.8 Å². The van der Waals surface area contributed by atoms with Crippen LogP contribution in [-0.2, 0) is 4.79 Å². The van der Waals surface area contributed by atoms with Crippen LogP contribution in [0.4, 0.5) is 0 Å². The summed E-state index contributed by atoms with van der Waals surface area (Å²) < 4.78 is 0. The van der Waals surface area contributed by atoms with Crippen LogP contribution >= 0.6 is 0 Å². The molecule has 2 heterocycles. The van der Waals surface area contributed by atoms with Crippen molar-refractivity contribution >= 4 is 16.9 Å². The molecule has 3 aromatic rings. The Labute approximate surface area is 157 Å². The van der Waals surface area contributed by atoms with Crippen molar-refractivity contribution in [1.29, 1.82) is 5.26 Å². The molecule has 0 saturated heterocycles. The number of carboxylic acid groups (broad SMARTS) is 1. The molecule has 0 atom stereocenters. The maximum Gasteiger partial charge on any atom is 0.306 e. The Morgan fingerprint density at radius 1 is 1.11 bits per heavy atom. The molecule has 5 nitrogen and oxygen atoms in total. The van der Waals surface area contributed by atoms with E-state index in [4.69, 9.17) is 4.98 Å². The first-order valence-electron chi connectivity index (χ1n) is 9.14. The molecular weight excluding hydrogens is 338 g/mol. The van der Waals surface area contributed by atoms with Crippen LogP contribution in [0.3, 0.4) is 0 Å². The molecule has 134 valence electrons. The Hall–Kier alpha value is -3.26. The largest absolute Gasteiger partial charge is 0.481 e. The van der Waals surface area contributed by atoms with Crippen molar-refractivity contribution in [2.75, 3.05) is 0 Å². The summed E-state index contributed by atoms with van der Waals surface area (Å²) in [6.07, 6.45) is 4.78. The zero-order chi connectivity index (χ0) is 18.8. The Kier molecular flexibility index (Phi) is 4.55. The Morgan fingerprint density at radius 3 is 2.67 bits per heavy atom. The summed E-state index contributed by atoms with van der Waals surface area (Å²) in [6.45, 7) is 0. The molecule has 0 bridgehead atoms. The highest BCUT2D eigenvalue weighted by Gasteiger charge is 2.28. The first kappa shape index (κ1) is 17.2. The predicted octanol–water partition coefficient (Wildman–Crippen LogP) is 4.53. The van der Waals surface area contributed by atoms with Crippen molar-refractivity contribution in [3.8, 4) is 17.3 Å². The average Bonchev–Trinajstić information content (AvgIpc) is 2.73. The third-order valence-corrected chi connectivity index (χ3v) is 5.37. The zero-order valence-electron chi connectivity index (χ0n) is 14.8. The number of benzene rings is 1. The number of hydrogen-bond acceptors (Lipinski definition) is 4. The van der Waals surface area contributed by atoms with Crippen LogP contribution in [0, 0.1) is 17.2 Å². The minimum Gasteiger partial charge on any atom is -0.481 e. The number of nitriles is 1. The standard InChI is InChI=1S/C22H19N3O2/c23-13-14-3-1-4-17(11-14)21-20-18(5-2-10-24-20)12-19(25-21)15-6-8-16(9-7-15)22(26)27/h1-5,10-12,15-16H,6-9H2,(H,26,27). The van der Waals surface area contributed by atoms with Crippen molar-refractivity contribution in [1.82, 2.24) is 9.97 Å². The van der Waals surface area contributed by atoms with Crippen LogP contribution in [-0.4, -0.2) is 21.0 Å². The lowest BCUT2D eigenvalue weighted by molar-refractivity contribution is -0.142. The number of pyridine rings is 2. The van der Waals surface area contributed by atoms with Crippen molar-refractivity contribution in [2.24, 2.45) is 5.92 Å². The van der Waals surface area contributed by atoms with Crippen molar-refractivity contribution < 1.29 is 9.90 Å². The summed E-state index contributed by atoms with van der Waals surface area (Å²) in [7, 11) is 0. The van der Waals surface area contributed by atoms with Gasteiger partial charge in [-0.25, -0.2) is 0 Å². The van der Waals surface area contributed by atoms with Crippen LogP contribution in [0.25, 0.3) is 22.2 Å². The molecule has 4 rings (SSSR count). The molecule has 27 heavy (non-hydrogen) atoms. The number of fused-ring (bicyclic) bond motifs is 1. The van der Waals surface area contributed by atoms with Gasteiger partial charge in [0.2, 0.25) is 0 Å². The molecule has 1 N–H and O–H groups in total. The van der Waals surface area contributed by atoms with E-state index in [1.165, 1.54) is 0 Å². The minimum atomic E-state index is -0.696. The lowest BCUT2D eigenvalue weighted by Crippen LogP contribution is -2.21. The maximum atomic E-state index is 11.2. The highest BCUT2D eigenvalue weighted by atomic mass is 16.4. The predicted molar refractivity (Wildman–Crippen MR) is 102 cm³/mol. The van der Waals surface area contributed by atoms with Gasteiger partial charge < -0.3 is 5.11 Å². The van der Waals surface area contributed by atoms with Gasteiger partial charge >= 0.3 is 5.97 Å². The van der Waals surface area contributed by atoms with Crippen LogP contribution < -0.4 is 0 Å². The van der Waals surface area contributed by atoms with E-state index in [-0.39, 0.29) is 11.8 Å². The summed E-state index contributed by atoms with van der Waals surface area (Å²) in [4.78, 5) is 20.7. The second kappa shape index (κ2) is 7.16. The zero-order valence-corrected chi connectivity index (χ0v) is 14.8. The summed E-state index contributed by atoms with van der Waals surface area (Å²) in [5.41, 5.74) is 4.04. The quantitative estimate of drug-likeness (QED) is 0.744. The molecule has 0 unspecified atom stereocenters. The number of carbonyl (C=O) groups is 1. The number of aromatic nitrogens is 2. The van der Waals surface area contributed by atoms with E-state index in [1.807, 2.05) is 30.3 Å². The van der Waals surface area contributed by atoms with E-state index in [0.29, 0.717) is 18.4 Å². The fourth-order valence-corrected chi connectivity index (χ4v) is 3.89. The van der Waals surface area contributed by atoms with Gasteiger partial charge in [0.25, 0.3) is 0 Å². The molecule has 1 saturated carbocycles. The number of aliphatic carboxylic acids is 1. The maximum absolute atomic E-state index is 11.2. The monoisotopic (exact) mass is 357 g/mol. The molecule has 2 aromatic heterocycles. The van der Waals surface area contributed by atoms with Gasteiger partial charge in [0.15, 0.2) is 0 Å². The topological polar surface area (TPSA) is 86.9 Å². The molecule has 0 radical (unpaired) electrons. The average molecular weight is 357 g/mol. The Morgan fingerprint density at radius 2 is 1.93 bits per heavy atom. The van der Waals surface area contributed by atoms with Gasteiger partial charge in [0, 0.05) is 28.8 Å². The van der Waals surface area contributed by atoms with Crippen molar-refractivity contribution in [3.63, 3.8) is 0 Å². The lowest BCUT2D eigenvalue weighted by atomic mass is 9.80. The molecule has 0 spiro atoms. The smallest absolute Gasteiger partial charge is 0.306 e. The molecule has 1 aromatic carbocycles. The van der Waals surface area contributed by atoms with Gasteiger partial charge in [-0.05, 0) is 49.9 Å². The third kappa shape index (κ3) is 3.39. The first-order chi connectivity index (χ1) is 13.2. The van der Waals surface area contributed by atoms with Crippen LogP contribution in [0.5, 0.6) is 0 Å². The third-order valence-electron chi connectivity index (χ3n) is 5.37. The van der Waals surface area contributed by atoms with Gasteiger partial charge in [-0.1, -0.05) is 18.2 Å². The van der Waals surface area contributed by atoms with E-state index < -0.39 is 5.97 Å². The second-order valence-corrected chi connectivity index (χ2v) is 7.05. The van der Waals surface area contributed by atoms with E-state index in [9.17, 15) is 15.2 Å². The highest BCUT2D eigenvalue weighted by molar-refractivity contribution is 5.91. The SMILES string of the molecule is N#Cc1cccc(-c2nc(C3CCC(C(=O)O)CC3)cc3cccnc23)c1. The number of carboxylic acids is 1. The fraction of sp³-hybridized carbons (Fsp3) is 0.273. The normalized spacial score (nSPS) is 19.5. The molecule has 1 fully saturated rings. The van der Waals surface area contributed by atoms with Gasteiger partial charge in [0.05, 0.1) is 28.8 Å². The first-order valence-corrected chi connectivity index (χ1v) is 9.14. The Balaban J connectivity index is 1.77. The fourth-order valence-electron chi connectivity index (χ4n) is 3.89. The van der Waals surface area contributed by atoms with Crippen LogP contribution in [0.1, 0.15) is 42.9 Å². The molecule has 0 amide bonds. The summed E-state index contributed by atoms with van der Waals surface area (Å²) in [5.74, 6) is -0.684. The number of nitrogens with zero attached hydrogens (tertiary/aromatic N) is 3. The van der Waals surface area contributed by atoms with Gasteiger partial charge in [0.1, 0.15) is 0 Å². The minimum absolute atomic E-state index is 0.241. The molecule has 1 aliphatic rings. The second-order valence-electron chi connectivity index (χ2n) is 7.05. The van der Waals surface area contributed by atoms with E-state index in [0.717, 1.165) is 40.7 Å².